The van der Waals surface area contributed by atoms with Gasteiger partial charge in [-0.25, -0.2) is 15.0 Å². The molecule has 5 aromatic rings. The second-order valence-corrected chi connectivity index (χ2v) is 5.51. The van der Waals surface area contributed by atoms with Gasteiger partial charge in [-0.05, 0) is 29.5 Å². The third-order valence-corrected chi connectivity index (χ3v) is 3.83. The van der Waals surface area contributed by atoms with Crippen LogP contribution >= 0.6 is 0 Å². The fraction of sp³-hybridized carbons (Fsp3) is 0. The summed E-state index contributed by atoms with van der Waals surface area (Å²) >= 11 is 0. The van der Waals surface area contributed by atoms with Crippen molar-refractivity contribution in [3.63, 3.8) is 0 Å². The van der Waals surface area contributed by atoms with Crippen LogP contribution in [0.2, 0.25) is 0 Å². The molecule has 0 aromatic carbocycles. The Morgan fingerprint density at radius 1 is 0.786 bits per heavy atom. The van der Waals surface area contributed by atoms with Crippen LogP contribution in [0.3, 0.4) is 0 Å². The number of hydrogen-bond donors (Lipinski definition) is 2. The van der Waals surface area contributed by atoms with Crippen LogP contribution in [-0.4, -0.2) is 61.0 Å². The number of hydrogen-bond acceptors (Lipinski definition) is 10. The zero-order valence-electron chi connectivity index (χ0n) is 14.1. The van der Waals surface area contributed by atoms with Gasteiger partial charge in [-0.2, -0.15) is 15.4 Å². The molecule has 5 aromatic heterocycles. The highest BCUT2D eigenvalue weighted by atomic mass is 15.5. The second kappa shape index (κ2) is 6.68. The molecule has 0 aliphatic rings. The van der Waals surface area contributed by atoms with E-state index in [4.69, 9.17) is 0 Å². The van der Waals surface area contributed by atoms with Crippen molar-refractivity contribution >= 4 is 0 Å². The molecule has 2 N–H and O–H groups in total. The summed E-state index contributed by atoms with van der Waals surface area (Å²) in [5, 5.41) is 29.1. The molecule has 0 unspecified atom stereocenters. The van der Waals surface area contributed by atoms with Crippen molar-refractivity contribution in [2.24, 2.45) is 0 Å². The molecule has 12 heteroatoms. The molecule has 0 radical (unpaired) electrons. The molecule has 0 bridgehead atoms. The Morgan fingerprint density at radius 3 is 2.43 bits per heavy atom. The average molecular weight is 370 g/mol. The lowest BCUT2D eigenvalue weighted by Crippen LogP contribution is -2.04. The second-order valence-electron chi connectivity index (χ2n) is 5.51. The van der Waals surface area contributed by atoms with Gasteiger partial charge in [0.25, 0.3) is 0 Å². The molecule has 5 heterocycles. The molecular formula is C16H10N12. The van der Waals surface area contributed by atoms with Crippen LogP contribution in [-0.2, 0) is 0 Å². The lowest BCUT2D eigenvalue weighted by atomic mass is 10.1. The monoisotopic (exact) mass is 370 g/mol. The van der Waals surface area contributed by atoms with Crippen molar-refractivity contribution in [3.05, 3.63) is 49.1 Å². The Hall–Kier alpha value is -4.48. The van der Waals surface area contributed by atoms with E-state index in [-0.39, 0.29) is 0 Å². The van der Waals surface area contributed by atoms with Crippen molar-refractivity contribution in [2.75, 3.05) is 0 Å². The first kappa shape index (κ1) is 15.7. The van der Waals surface area contributed by atoms with Gasteiger partial charge in [0.05, 0.1) is 11.3 Å². The van der Waals surface area contributed by atoms with Crippen molar-refractivity contribution in [1.29, 1.82) is 0 Å². The predicted octanol–water partition coefficient (Wildman–Crippen LogP) is 0.961. The molecule has 0 aliphatic carbocycles. The van der Waals surface area contributed by atoms with E-state index in [0.717, 1.165) is 0 Å². The number of rotatable bonds is 4. The molecule has 12 nitrogen and oxygen atoms in total. The molecular weight excluding hydrogens is 360 g/mol. The van der Waals surface area contributed by atoms with Gasteiger partial charge < -0.3 is 0 Å². The highest BCUT2D eigenvalue weighted by Gasteiger charge is 2.24. The minimum Gasteiger partial charge on any atom is -0.258 e. The lowest BCUT2D eigenvalue weighted by molar-refractivity contribution is 0.881. The molecule has 0 saturated carbocycles. The van der Waals surface area contributed by atoms with E-state index in [2.05, 4.69) is 61.0 Å². The van der Waals surface area contributed by atoms with E-state index < -0.39 is 0 Å². The van der Waals surface area contributed by atoms with E-state index in [9.17, 15) is 0 Å². The fourth-order valence-electron chi connectivity index (χ4n) is 2.65. The van der Waals surface area contributed by atoms with Crippen LogP contribution in [0, 0.1) is 0 Å². The molecule has 0 atom stereocenters. The van der Waals surface area contributed by atoms with Gasteiger partial charge in [-0.3, -0.25) is 10.1 Å². The average Bonchev–Trinajstić information content (AvgIpc) is 3.48. The Labute approximate surface area is 156 Å². The standard InChI is InChI=1S/C16H10N12/c1-2-6-17-9(4-1)12-11(15-25-27-28-26-15)13(16-18-8-20-24-16)22-14(21-12)10-5-3-7-19-23-10/h1-8H,(H,18,20,24)(H,25,26,27,28). The first-order valence-corrected chi connectivity index (χ1v) is 8.11. The highest BCUT2D eigenvalue weighted by Crippen LogP contribution is 2.35. The minimum absolute atomic E-state index is 0.303. The van der Waals surface area contributed by atoms with Gasteiger partial charge in [0, 0.05) is 12.4 Å². The first-order chi connectivity index (χ1) is 13.9. The van der Waals surface area contributed by atoms with Crippen LogP contribution in [0.5, 0.6) is 0 Å². The van der Waals surface area contributed by atoms with Gasteiger partial charge in [0.15, 0.2) is 11.6 Å². The topological polar surface area (TPSA) is 160 Å². The van der Waals surface area contributed by atoms with Crippen LogP contribution in [0.15, 0.2) is 49.1 Å². The molecule has 0 saturated heterocycles. The van der Waals surface area contributed by atoms with E-state index >= 15 is 0 Å². The Bertz CT molecular complexity index is 1190. The Balaban J connectivity index is 1.86. The summed E-state index contributed by atoms with van der Waals surface area (Å²) in [5.74, 6) is 1.08. The van der Waals surface area contributed by atoms with Crippen molar-refractivity contribution in [2.45, 2.75) is 0 Å². The number of aromatic amines is 2. The molecule has 28 heavy (non-hydrogen) atoms. The molecule has 0 fully saturated rings. The van der Waals surface area contributed by atoms with Gasteiger partial charge in [0.2, 0.25) is 5.82 Å². The maximum Gasteiger partial charge on any atom is 0.209 e. The third kappa shape index (κ3) is 2.74. The molecule has 0 spiro atoms. The van der Waals surface area contributed by atoms with E-state index in [1.54, 1.807) is 24.5 Å². The first-order valence-electron chi connectivity index (χ1n) is 8.11. The number of tetrazole rings is 1. The summed E-state index contributed by atoms with van der Waals surface area (Å²) in [4.78, 5) is 18.0. The minimum atomic E-state index is 0.303. The number of nitrogens with one attached hydrogen (secondary N) is 2. The van der Waals surface area contributed by atoms with Gasteiger partial charge >= 0.3 is 0 Å². The normalized spacial score (nSPS) is 10.9. The number of pyridine rings is 1. The third-order valence-electron chi connectivity index (χ3n) is 3.83. The maximum atomic E-state index is 4.68. The number of aromatic nitrogens is 12. The Morgan fingerprint density at radius 2 is 1.71 bits per heavy atom. The smallest absolute Gasteiger partial charge is 0.209 e. The highest BCUT2D eigenvalue weighted by molar-refractivity contribution is 5.86. The number of H-pyrrole nitrogens is 2. The predicted molar refractivity (Wildman–Crippen MR) is 94.8 cm³/mol. The van der Waals surface area contributed by atoms with Crippen LogP contribution in [0.1, 0.15) is 0 Å². The maximum absolute atomic E-state index is 4.68. The zero-order chi connectivity index (χ0) is 18.8. The lowest BCUT2D eigenvalue weighted by Gasteiger charge is -2.11. The largest absolute Gasteiger partial charge is 0.258 e. The number of nitrogens with zero attached hydrogens (tertiary/aromatic N) is 10. The summed E-state index contributed by atoms with van der Waals surface area (Å²) in [6.45, 7) is 0. The molecule has 134 valence electrons. The van der Waals surface area contributed by atoms with Gasteiger partial charge in [-0.1, -0.05) is 6.07 Å². The summed E-state index contributed by atoms with van der Waals surface area (Å²) < 4.78 is 0. The zero-order valence-corrected chi connectivity index (χ0v) is 14.1. The summed E-state index contributed by atoms with van der Waals surface area (Å²) in [7, 11) is 0. The van der Waals surface area contributed by atoms with Crippen LogP contribution in [0.25, 0.3) is 45.8 Å². The van der Waals surface area contributed by atoms with E-state index in [0.29, 0.717) is 45.8 Å². The van der Waals surface area contributed by atoms with Gasteiger partial charge in [-0.15, -0.1) is 15.3 Å². The van der Waals surface area contributed by atoms with Crippen molar-refractivity contribution in [3.8, 4) is 45.8 Å². The summed E-state index contributed by atoms with van der Waals surface area (Å²) in [6.07, 6.45) is 4.64. The summed E-state index contributed by atoms with van der Waals surface area (Å²) in [5.41, 5.74) is 2.56. The molecule has 0 amide bonds. The van der Waals surface area contributed by atoms with E-state index in [1.807, 2.05) is 18.2 Å². The SMILES string of the molecule is c1ccc(-c2nc(-c3cccnn3)nc(-c3ncn[nH]3)c2-c2nn[nH]n2)nc1. The Kier molecular flexibility index (Phi) is 3.76. The van der Waals surface area contributed by atoms with Crippen LogP contribution < -0.4 is 0 Å². The molecule has 0 aliphatic heterocycles. The van der Waals surface area contributed by atoms with Crippen molar-refractivity contribution < 1.29 is 0 Å². The summed E-state index contributed by atoms with van der Waals surface area (Å²) in [6, 6.07) is 9.03. The van der Waals surface area contributed by atoms with Crippen molar-refractivity contribution in [1.82, 2.24) is 61.0 Å². The fourth-order valence-corrected chi connectivity index (χ4v) is 2.65. The quantitative estimate of drug-likeness (QED) is 0.466. The van der Waals surface area contributed by atoms with E-state index in [1.165, 1.54) is 6.33 Å². The van der Waals surface area contributed by atoms with Crippen LogP contribution in [0.4, 0.5) is 0 Å². The van der Waals surface area contributed by atoms with Gasteiger partial charge in [0.1, 0.15) is 23.4 Å². The molecule has 5 rings (SSSR count).